The van der Waals surface area contributed by atoms with E-state index in [-0.39, 0.29) is 7.43 Å². The minimum Gasteiger partial charge on any atom is -0.288 e. The van der Waals surface area contributed by atoms with E-state index < -0.39 is 0 Å². The molecular formula is C23H24N2. The van der Waals surface area contributed by atoms with Gasteiger partial charge in [-0.2, -0.15) is 0 Å². The minimum atomic E-state index is 0. The molecule has 126 valence electrons. The highest BCUT2D eigenvalue weighted by Gasteiger charge is 1.95. The predicted octanol–water partition coefficient (Wildman–Crippen LogP) is 5.56. The van der Waals surface area contributed by atoms with Crippen LogP contribution in [0, 0.1) is 0 Å². The minimum absolute atomic E-state index is 0. The van der Waals surface area contributed by atoms with Crippen molar-refractivity contribution in [3.63, 3.8) is 0 Å². The molecule has 3 rings (SSSR count). The lowest BCUT2D eigenvalue weighted by Crippen LogP contribution is -1.88. The number of benzene rings is 3. The fourth-order valence-corrected chi connectivity index (χ4v) is 2.42. The van der Waals surface area contributed by atoms with Crippen molar-refractivity contribution in [3.05, 3.63) is 107 Å². The largest absolute Gasteiger partial charge is 0.288 e. The molecule has 0 saturated heterocycles. The van der Waals surface area contributed by atoms with E-state index in [0.29, 0.717) is 13.1 Å². The highest BCUT2D eigenvalue weighted by Crippen LogP contribution is 2.08. The molecular weight excluding hydrogens is 304 g/mol. The van der Waals surface area contributed by atoms with Crippen LogP contribution in [0.15, 0.2) is 94.9 Å². The molecule has 2 heteroatoms. The molecule has 0 heterocycles. The van der Waals surface area contributed by atoms with Crippen molar-refractivity contribution in [1.82, 2.24) is 0 Å². The van der Waals surface area contributed by atoms with E-state index in [4.69, 9.17) is 0 Å². The second-order valence-electron chi connectivity index (χ2n) is 5.58. The SMILES string of the molecule is C.C(=NCc1cccc(CN=Cc2ccccc2)c1)c1ccccc1. The Kier molecular flexibility index (Phi) is 7.33. The lowest BCUT2D eigenvalue weighted by atomic mass is 10.1. The van der Waals surface area contributed by atoms with Gasteiger partial charge in [-0.15, -0.1) is 0 Å². The van der Waals surface area contributed by atoms with E-state index in [0.717, 1.165) is 11.1 Å². The highest BCUT2D eigenvalue weighted by atomic mass is 14.7. The van der Waals surface area contributed by atoms with E-state index in [1.807, 2.05) is 48.8 Å². The van der Waals surface area contributed by atoms with Crippen LogP contribution in [0.5, 0.6) is 0 Å². The quantitative estimate of drug-likeness (QED) is 0.529. The van der Waals surface area contributed by atoms with Gasteiger partial charge in [-0.1, -0.05) is 92.4 Å². The molecule has 2 nitrogen and oxygen atoms in total. The number of rotatable bonds is 6. The third-order valence-electron chi connectivity index (χ3n) is 3.62. The lowest BCUT2D eigenvalue weighted by molar-refractivity contribution is 1.03. The molecule has 0 aliphatic heterocycles. The van der Waals surface area contributed by atoms with Crippen LogP contribution in [0.3, 0.4) is 0 Å². The van der Waals surface area contributed by atoms with Crippen molar-refractivity contribution in [2.75, 3.05) is 0 Å². The summed E-state index contributed by atoms with van der Waals surface area (Å²) in [6.45, 7) is 1.37. The Morgan fingerprint density at radius 2 is 1.00 bits per heavy atom. The maximum atomic E-state index is 4.52. The van der Waals surface area contributed by atoms with Crippen molar-refractivity contribution in [1.29, 1.82) is 0 Å². The van der Waals surface area contributed by atoms with Crippen LogP contribution in [-0.2, 0) is 13.1 Å². The fraction of sp³-hybridized carbons (Fsp3) is 0.130. The first-order valence-electron chi connectivity index (χ1n) is 8.08. The first-order valence-corrected chi connectivity index (χ1v) is 8.08. The van der Waals surface area contributed by atoms with E-state index in [1.165, 1.54) is 11.1 Å². The molecule has 0 aliphatic rings. The highest BCUT2D eigenvalue weighted by molar-refractivity contribution is 5.79. The van der Waals surface area contributed by atoms with Gasteiger partial charge in [0.05, 0.1) is 13.1 Å². The maximum absolute atomic E-state index is 4.52. The van der Waals surface area contributed by atoms with E-state index in [2.05, 4.69) is 58.5 Å². The average Bonchev–Trinajstić information content (AvgIpc) is 2.64. The second kappa shape index (κ2) is 9.99. The van der Waals surface area contributed by atoms with Crippen LogP contribution >= 0.6 is 0 Å². The summed E-state index contributed by atoms with van der Waals surface area (Å²) in [6.07, 6.45) is 3.83. The summed E-state index contributed by atoms with van der Waals surface area (Å²) < 4.78 is 0. The molecule has 3 aromatic carbocycles. The molecule has 0 aromatic heterocycles. The number of nitrogens with zero attached hydrogens (tertiary/aromatic N) is 2. The van der Waals surface area contributed by atoms with E-state index in [1.54, 1.807) is 0 Å². The van der Waals surface area contributed by atoms with Crippen LogP contribution in [-0.4, -0.2) is 12.4 Å². The third-order valence-corrected chi connectivity index (χ3v) is 3.62. The molecule has 0 radical (unpaired) electrons. The molecule has 0 N–H and O–H groups in total. The Labute approximate surface area is 150 Å². The average molecular weight is 328 g/mol. The zero-order valence-corrected chi connectivity index (χ0v) is 13.5. The van der Waals surface area contributed by atoms with Gasteiger partial charge in [0.2, 0.25) is 0 Å². The summed E-state index contributed by atoms with van der Waals surface area (Å²) in [5.74, 6) is 0. The summed E-state index contributed by atoms with van der Waals surface area (Å²) in [4.78, 5) is 9.03. The zero-order chi connectivity index (χ0) is 16.5. The van der Waals surface area contributed by atoms with Gasteiger partial charge in [0.15, 0.2) is 0 Å². The van der Waals surface area contributed by atoms with Crippen LogP contribution in [0.25, 0.3) is 0 Å². The van der Waals surface area contributed by atoms with Crippen LogP contribution in [0.1, 0.15) is 29.7 Å². The molecule has 25 heavy (non-hydrogen) atoms. The van der Waals surface area contributed by atoms with Gasteiger partial charge < -0.3 is 0 Å². The van der Waals surface area contributed by atoms with Crippen molar-refractivity contribution >= 4 is 12.4 Å². The summed E-state index contributed by atoms with van der Waals surface area (Å²) in [5, 5.41) is 0. The normalized spacial score (nSPS) is 10.9. The molecule has 0 aliphatic carbocycles. The van der Waals surface area contributed by atoms with Gasteiger partial charge in [0.25, 0.3) is 0 Å². The molecule has 3 aromatic rings. The predicted molar refractivity (Wildman–Crippen MR) is 109 cm³/mol. The van der Waals surface area contributed by atoms with Gasteiger partial charge in [0.1, 0.15) is 0 Å². The fourth-order valence-electron chi connectivity index (χ4n) is 2.42. The molecule has 0 bridgehead atoms. The van der Waals surface area contributed by atoms with Gasteiger partial charge in [0, 0.05) is 12.4 Å². The smallest absolute Gasteiger partial charge is 0.0640 e. The van der Waals surface area contributed by atoms with E-state index in [9.17, 15) is 0 Å². The number of hydrogen-bond acceptors (Lipinski definition) is 2. The van der Waals surface area contributed by atoms with Crippen molar-refractivity contribution in [2.24, 2.45) is 9.98 Å². The standard InChI is InChI=1S/C22H20N2.CH4/c1-3-8-19(9-4-1)15-23-17-21-12-7-13-22(14-21)18-24-16-20-10-5-2-6-11-20;/h1-16H,17-18H2;1H4. The Balaban J connectivity index is 0.00000225. The van der Waals surface area contributed by atoms with Gasteiger partial charge in [-0.05, 0) is 22.3 Å². The van der Waals surface area contributed by atoms with E-state index >= 15 is 0 Å². The summed E-state index contributed by atoms with van der Waals surface area (Å²) in [5.41, 5.74) is 4.66. The topological polar surface area (TPSA) is 24.7 Å². The maximum Gasteiger partial charge on any atom is 0.0640 e. The third kappa shape index (κ3) is 6.19. The molecule has 0 atom stereocenters. The Bertz CT molecular complexity index is 739. The van der Waals surface area contributed by atoms with Crippen molar-refractivity contribution < 1.29 is 0 Å². The van der Waals surface area contributed by atoms with Gasteiger partial charge in [-0.3, -0.25) is 9.98 Å². The van der Waals surface area contributed by atoms with Crippen LogP contribution < -0.4 is 0 Å². The molecule has 0 fully saturated rings. The summed E-state index contributed by atoms with van der Waals surface area (Å²) in [7, 11) is 0. The molecule has 0 spiro atoms. The van der Waals surface area contributed by atoms with Crippen molar-refractivity contribution in [3.8, 4) is 0 Å². The first kappa shape index (κ1) is 18.3. The monoisotopic (exact) mass is 328 g/mol. The first-order chi connectivity index (χ1) is 11.9. The molecule has 0 amide bonds. The van der Waals surface area contributed by atoms with Crippen LogP contribution in [0.4, 0.5) is 0 Å². The summed E-state index contributed by atoms with van der Waals surface area (Å²) >= 11 is 0. The van der Waals surface area contributed by atoms with Gasteiger partial charge >= 0.3 is 0 Å². The van der Waals surface area contributed by atoms with Crippen molar-refractivity contribution in [2.45, 2.75) is 20.5 Å². The second-order valence-corrected chi connectivity index (χ2v) is 5.58. The number of hydrogen-bond donors (Lipinski definition) is 0. The Hall–Kier alpha value is -3.00. The van der Waals surface area contributed by atoms with Gasteiger partial charge in [-0.25, -0.2) is 0 Å². The Morgan fingerprint density at radius 3 is 1.44 bits per heavy atom. The molecule has 0 unspecified atom stereocenters. The zero-order valence-electron chi connectivity index (χ0n) is 13.5. The van der Waals surface area contributed by atoms with Crippen LogP contribution in [0.2, 0.25) is 0 Å². The lowest BCUT2D eigenvalue weighted by Gasteiger charge is -2.01. The summed E-state index contributed by atoms with van der Waals surface area (Å²) in [6, 6.07) is 28.8. The number of aliphatic imine (C=N–C) groups is 2. The Morgan fingerprint density at radius 1 is 0.560 bits per heavy atom. The molecule has 0 saturated carbocycles.